The van der Waals surface area contributed by atoms with Gasteiger partial charge in [-0.3, -0.25) is 0 Å². The van der Waals surface area contributed by atoms with Crippen LogP contribution in [0.2, 0.25) is 0 Å². The molecule has 1 nitrogen and oxygen atoms in total. The zero-order valence-electron chi connectivity index (χ0n) is 4.80. The highest BCUT2D eigenvalue weighted by Crippen LogP contribution is 2.19. The summed E-state index contributed by atoms with van der Waals surface area (Å²) in [6.07, 6.45) is 1.90. The Kier molecular flexibility index (Phi) is 7.77. The van der Waals surface area contributed by atoms with E-state index in [1.807, 2.05) is 6.08 Å². The van der Waals surface area contributed by atoms with Gasteiger partial charge in [-0.1, -0.05) is 27.7 Å². The summed E-state index contributed by atoms with van der Waals surface area (Å²) in [5.74, 6) is 2.06. The molecule has 0 spiro atoms. The topological polar surface area (TPSA) is 26.0 Å². The van der Waals surface area contributed by atoms with E-state index in [4.69, 9.17) is 5.73 Å². The lowest BCUT2D eigenvalue weighted by Gasteiger charge is -1.91. The first kappa shape index (κ1) is 8.40. The first-order chi connectivity index (χ1) is 3.91. The molecule has 0 saturated heterocycles. The lowest BCUT2D eigenvalue weighted by Crippen LogP contribution is -1.99. The monoisotopic (exact) mass is 149 g/mol. The summed E-state index contributed by atoms with van der Waals surface area (Å²) in [5, 5.41) is 0. The maximum Gasteiger partial charge on any atom is 0.0215 e. The van der Waals surface area contributed by atoms with Crippen molar-refractivity contribution in [3.8, 4) is 0 Å². The fourth-order valence-corrected chi connectivity index (χ4v) is 1.83. The molecule has 0 radical (unpaired) electrons. The Labute approximate surface area is 58.5 Å². The van der Waals surface area contributed by atoms with E-state index in [0.29, 0.717) is 0 Å². The van der Waals surface area contributed by atoms with Gasteiger partial charge in [-0.2, -0.15) is 0 Å². The molecule has 0 saturated carbocycles. The molecule has 0 heterocycles. The molecule has 0 aromatic heterocycles. The molecule has 8 heavy (non-hydrogen) atoms. The van der Waals surface area contributed by atoms with Gasteiger partial charge in [0, 0.05) is 18.1 Å². The summed E-state index contributed by atoms with van der Waals surface area (Å²) >= 11 is 0. The van der Waals surface area contributed by atoms with E-state index in [2.05, 4.69) is 6.58 Å². The van der Waals surface area contributed by atoms with Crippen molar-refractivity contribution in [2.45, 2.75) is 0 Å². The van der Waals surface area contributed by atoms with Crippen molar-refractivity contribution < 1.29 is 0 Å². The maximum absolute atomic E-state index is 5.25. The van der Waals surface area contributed by atoms with E-state index in [9.17, 15) is 0 Å². The van der Waals surface area contributed by atoms with Gasteiger partial charge >= 0.3 is 0 Å². The summed E-state index contributed by atoms with van der Waals surface area (Å²) in [7, 11) is 3.59. The highest BCUT2D eigenvalue weighted by Gasteiger charge is 1.82. The van der Waals surface area contributed by atoms with Gasteiger partial charge in [0.1, 0.15) is 0 Å². The zero-order chi connectivity index (χ0) is 6.24. The number of hydrogen-bond donors (Lipinski definition) is 1. The summed E-state index contributed by atoms with van der Waals surface area (Å²) in [5.41, 5.74) is 5.25. The molecule has 48 valence electrons. The van der Waals surface area contributed by atoms with Crippen molar-refractivity contribution in [3.05, 3.63) is 12.7 Å². The Morgan fingerprint density at radius 3 is 2.75 bits per heavy atom. The van der Waals surface area contributed by atoms with Crippen LogP contribution in [0.4, 0.5) is 0 Å². The number of rotatable bonds is 5. The minimum atomic E-state index is 0.773. The van der Waals surface area contributed by atoms with Crippen molar-refractivity contribution in [3.63, 3.8) is 0 Å². The summed E-state index contributed by atoms with van der Waals surface area (Å²) < 4.78 is 0. The molecule has 0 aromatic carbocycles. The quantitative estimate of drug-likeness (QED) is 0.364. The molecule has 0 rings (SSSR count). The lowest BCUT2D eigenvalue weighted by molar-refractivity contribution is 1.16. The van der Waals surface area contributed by atoms with E-state index in [0.717, 1.165) is 18.1 Å². The lowest BCUT2D eigenvalue weighted by atomic mass is 10.8. The van der Waals surface area contributed by atoms with Crippen LogP contribution in [0.15, 0.2) is 12.7 Å². The fraction of sp³-hybridized carbons (Fsp3) is 0.600. The van der Waals surface area contributed by atoms with Gasteiger partial charge in [-0.15, -0.1) is 6.58 Å². The van der Waals surface area contributed by atoms with Gasteiger partial charge < -0.3 is 5.73 Å². The average molecular weight is 149 g/mol. The molecule has 3 heteroatoms. The third kappa shape index (κ3) is 6.40. The Morgan fingerprint density at radius 2 is 2.25 bits per heavy atom. The summed E-state index contributed by atoms with van der Waals surface area (Å²) in [6.45, 7) is 4.37. The van der Waals surface area contributed by atoms with Crippen LogP contribution in [0.3, 0.4) is 0 Å². The normalized spacial score (nSPS) is 9.12. The first-order valence-electron chi connectivity index (χ1n) is 2.47. The van der Waals surface area contributed by atoms with Crippen LogP contribution in [-0.4, -0.2) is 18.1 Å². The van der Waals surface area contributed by atoms with E-state index < -0.39 is 0 Å². The van der Waals surface area contributed by atoms with Crippen molar-refractivity contribution >= 4 is 21.6 Å². The average Bonchev–Trinajstić information content (AvgIpc) is 1.81. The van der Waals surface area contributed by atoms with Crippen LogP contribution in [-0.2, 0) is 0 Å². The highest BCUT2D eigenvalue weighted by atomic mass is 33.1. The minimum Gasteiger partial charge on any atom is -0.330 e. The molecule has 0 aliphatic heterocycles. The van der Waals surface area contributed by atoms with Crippen molar-refractivity contribution in [2.75, 3.05) is 18.1 Å². The molecule has 0 atom stereocenters. The van der Waals surface area contributed by atoms with Crippen LogP contribution in [0, 0.1) is 0 Å². The van der Waals surface area contributed by atoms with Crippen molar-refractivity contribution in [2.24, 2.45) is 5.73 Å². The molecular weight excluding hydrogens is 138 g/mol. The van der Waals surface area contributed by atoms with Gasteiger partial charge in [0.25, 0.3) is 0 Å². The first-order valence-corrected chi connectivity index (χ1v) is 4.96. The Bertz CT molecular complexity index is 56.4. The van der Waals surface area contributed by atoms with E-state index in [1.165, 1.54) is 0 Å². The molecule has 0 aliphatic rings. The second-order valence-corrected chi connectivity index (χ2v) is 3.81. The van der Waals surface area contributed by atoms with Crippen molar-refractivity contribution in [1.82, 2.24) is 0 Å². The largest absolute Gasteiger partial charge is 0.330 e. The standard InChI is InChI=1S/C5H11NS2/c1-2-4-7-8-5-3-6/h2H,1,3-6H2. The van der Waals surface area contributed by atoms with Gasteiger partial charge in [0.15, 0.2) is 0 Å². The maximum atomic E-state index is 5.25. The van der Waals surface area contributed by atoms with Crippen LogP contribution in [0.1, 0.15) is 0 Å². The van der Waals surface area contributed by atoms with Crippen LogP contribution >= 0.6 is 21.6 Å². The Morgan fingerprint density at radius 1 is 1.50 bits per heavy atom. The van der Waals surface area contributed by atoms with Crippen LogP contribution in [0.5, 0.6) is 0 Å². The third-order valence-corrected chi connectivity index (χ3v) is 2.82. The van der Waals surface area contributed by atoms with Crippen LogP contribution in [0.25, 0.3) is 0 Å². The Hall–Kier alpha value is 0.400. The zero-order valence-corrected chi connectivity index (χ0v) is 6.43. The van der Waals surface area contributed by atoms with Crippen LogP contribution < -0.4 is 5.73 Å². The second-order valence-electron chi connectivity index (χ2n) is 1.18. The van der Waals surface area contributed by atoms with Gasteiger partial charge in [0.05, 0.1) is 0 Å². The second kappa shape index (κ2) is 7.40. The van der Waals surface area contributed by atoms with E-state index in [1.54, 1.807) is 21.6 Å². The number of nitrogens with two attached hydrogens (primary N) is 1. The molecule has 2 N–H and O–H groups in total. The van der Waals surface area contributed by atoms with Gasteiger partial charge in [-0.05, 0) is 0 Å². The smallest absolute Gasteiger partial charge is 0.0215 e. The SMILES string of the molecule is C=CCSSCCN. The molecule has 0 aliphatic carbocycles. The highest BCUT2D eigenvalue weighted by molar-refractivity contribution is 8.76. The molecule has 0 unspecified atom stereocenters. The molecule has 0 bridgehead atoms. The summed E-state index contributed by atoms with van der Waals surface area (Å²) in [4.78, 5) is 0. The summed E-state index contributed by atoms with van der Waals surface area (Å²) in [6, 6.07) is 0. The predicted octanol–water partition coefficient (Wildman–Crippen LogP) is 1.51. The fourth-order valence-electron chi connectivity index (χ4n) is 0.203. The minimum absolute atomic E-state index is 0.773. The van der Waals surface area contributed by atoms with E-state index >= 15 is 0 Å². The predicted molar refractivity (Wildman–Crippen MR) is 44.2 cm³/mol. The van der Waals surface area contributed by atoms with Gasteiger partial charge in [0.2, 0.25) is 0 Å². The molecule has 0 amide bonds. The molecular formula is C5H11NS2. The number of hydrogen-bond acceptors (Lipinski definition) is 3. The molecule has 0 aromatic rings. The Balaban J connectivity index is 2.62. The third-order valence-electron chi connectivity index (χ3n) is 0.470. The van der Waals surface area contributed by atoms with Gasteiger partial charge in [-0.25, -0.2) is 0 Å². The molecule has 0 fully saturated rings. The van der Waals surface area contributed by atoms with E-state index in [-0.39, 0.29) is 0 Å². The van der Waals surface area contributed by atoms with Crippen molar-refractivity contribution in [1.29, 1.82) is 0 Å².